The summed E-state index contributed by atoms with van der Waals surface area (Å²) in [6, 6.07) is 7.99. The number of aromatic nitrogens is 5. The number of hydrogen-bond donors (Lipinski definition) is 1. The first-order valence-electron chi connectivity index (χ1n) is 8.10. The Morgan fingerprint density at radius 2 is 1.92 bits per heavy atom. The third-order valence-corrected chi connectivity index (χ3v) is 4.54. The van der Waals surface area contributed by atoms with E-state index in [0.717, 1.165) is 28.1 Å². The highest BCUT2D eigenvalue weighted by atomic mass is 35.5. The van der Waals surface area contributed by atoms with Gasteiger partial charge in [0, 0.05) is 11.6 Å². The minimum Gasteiger partial charge on any atom is -0.337 e. The van der Waals surface area contributed by atoms with Crippen LogP contribution in [0.15, 0.2) is 36.7 Å². The Bertz CT molecular complexity index is 1090. The maximum atomic E-state index is 6.39. The molecule has 0 aliphatic carbocycles. The van der Waals surface area contributed by atoms with E-state index in [2.05, 4.69) is 36.3 Å². The monoisotopic (exact) mass is 354 g/mol. The highest BCUT2D eigenvalue weighted by Gasteiger charge is 2.17. The Kier molecular flexibility index (Phi) is 3.47. The predicted octanol–water partition coefficient (Wildman–Crippen LogP) is 4.54. The maximum absolute atomic E-state index is 6.39. The van der Waals surface area contributed by atoms with Crippen LogP contribution in [0, 0.1) is 6.92 Å². The van der Waals surface area contributed by atoms with Crippen molar-refractivity contribution >= 4 is 39.7 Å². The van der Waals surface area contributed by atoms with Gasteiger partial charge in [-0.15, -0.1) is 0 Å². The second-order valence-corrected chi connectivity index (χ2v) is 7.46. The Balaban J connectivity index is 1.88. The Morgan fingerprint density at radius 3 is 2.64 bits per heavy atom. The first kappa shape index (κ1) is 15.9. The Labute approximate surface area is 150 Å². The molecular weight excluding hydrogens is 336 g/mol. The van der Waals surface area contributed by atoms with Crippen molar-refractivity contribution in [2.45, 2.75) is 33.2 Å². The molecule has 3 heterocycles. The number of rotatable bonds is 2. The summed E-state index contributed by atoms with van der Waals surface area (Å²) in [5.41, 5.74) is 3.16. The van der Waals surface area contributed by atoms with Gasteiger partial charge in [0.2, 0.25) is 0 Å². The summed E-state index contributed by atoms with van der Waals surface area (Å²) < 4.78 is 3.71. The molecule has 0 spiro atoms. The van der Waals surface area contributed by atoms with Crippen LogP contribution in [0.4, 0.5) is 11.5 Å². The summed E-state index contributed by atoms with van der Waals surface area (Å²) in [5, 5.41) is 13.8. The number of hydrogen-bond acceptors (Lipinski definition) is 4. The molecule has 25 heavy (non-hydrogen) atoms. The van der Waals surface area contributed by atoms with Crippen LogP contribution in [-0.4, -0.2) is 24.4 Å². The average molecular weight is 355 g/mol. The molecule has 3 aromatic heterocycles. The Morgan fingerprint density at radius 1 is 1.16 bits per heavy atom. The smallest absolute Gasteiger partial charge is 0.176 e. The van der Waals surface area contributed by atoms with Gasteiger partial charge in [0.1, 0.15) is 10.8 Å². The van der Waals surface area contributed by atoms with Crippen molar-refractivity contribution in [3.63, 3.8) is 0 Å². The number of fused-ring (bicyclic) bond motifs is 3. The van der Waals surface area contributed by atoms with E-state index < -0.39 is 0 Å². The standard InChI is InChI=1S/C18H19ClN6/c1-11-15(19)17-22-16(13-7-5-6-8-14(13)25(17)23-11)21-12-9-20-24(10-12)18(2,3)4/h5-10H,1-4H3,(H,21,22). The molecule has 4 rings (SSSR count). The van der Waals surface area contributed by atoms with E-state index in [1.54, 1.807) is 10.7 Å². The average Bonchev–Trinajstić information content (AvgIpc) is 3.14. The minimum absolute atomic E-state index is 0.0781. The number of nitrogens with one attached hydrogen (secondary N) is 1. The number of para-hydroxylation sites is 1. The molecular formula is C18H19ClN6. The SMILES string of the molecule is Cc1nn2c(nc(Nc3cnn(C(C)(C)C)c3)c3ccccc32)c1Cl. The van der Waals surface area contributed by atoms with Gasteiger partial charge in [0.15, 0.2) is 5.65 Å². The van der Waals surface area contributed by atoms with Crippen molar-refractivity contribution < 1.29 is 0 Å². The fourth-order valence-electron chi connectivity index (χ4n) is 2.77. The fourth-order valence-corrected chi connectivity index (χ4v) is 2.93. The van der Waals surface area contributed by atoms with Gasteiger partial charge >= 0.3 is 0 Å². The van der Waals surface area contributed by atoms with Gasteiger partial charge in [-0.05, 0) is 39.8 Å². The van der Waals surface area contributed by atoms with Crippen LogP contribution in [0.2, 0.25) is 5.02 Å². The summed E-state index contributed by atoms with van der Waals surface area (Å²) in [7, 11) is 0. The molecule has 0 aliphatic heterocycles. The third kappa shape index (κ3) is 2.62. The molecule has 0 unspecified atom stereocenters. The lowest BCUT2D eigenvalue weighted by atomic mass is 10.1. The molecule has 1 aromatic carbocycles. The van der Waals surface area contributed by atoms with Gasteiger partial charge in [0.05, 0.1) is 28.6 Å². The van der Waals surface area contributed by atoms with Gasteiger partial charge in [-0.25, -0.2) is 9.50 Å². The zero-order valence-electron chi connectivity index (χ0n) is 14.6. The molecule has 1 N–H and O–H groups in total. The van der Waals surface area contributed by atoms with Crippen LogP contribution >= 0.6 is 11.6 Å². The van der Waals surface area contributed by atoms with Crippen molar-refractivity contribution in [2.75, 3.05) is 5.32 Å². The van der Waals surface area contributed by atoms with Gasteiger partial charge in [-0.1, -0.05) is 23.7 Å². The number of halogens is 1. The van der Waals surface area contributed by atoms with Crippen molar-refractivity contribution in [2.24, 2.45) is 0 Å². The normalized spacial score (nSPS) is 12.2. The molecule has 6 nitrogen and oxygen atoms in total. The molecule has 4 aromatic rings. The van der Waals surface area contributed by atoms with E-state index in [0.29, 0.717) is 10.7 Å². The molecule has 128 valence electrons. The van der Waals surface area contributed by atoms with Crippen LogP contribution < -0.4 is 5.32 Å². The maximum Gasteiger partial charge on any atom is 0.176 e. The lowest BCUT2D eigenvalue weighted by Gasteiger charge is -2.18. The molecule has 0 fully saturated rings. The molecule has 0 saturated heterocycles. The van der Waals surface area contributed by atoms with E-state index >= 15 is 0 Å². The minimum atomic E-state index is -0.0781. The third-order valence-electron chi connectivity index (χ3n) is 4.10. The van der Waals surface area contributed by atoms with Crippen molar-refractivity contribution in [1.82, 2.24) is 24.4 Å². The van der Waals surface area contributed by atoms with Crippen LogP contribution in [0.5, 0.6) is 0 Å². The zero-order valence-corrected chi connectivity index (χ0v) is 15.3. The quantitative estimate of drug-likeness (QED) is 0.574. The number of benzene rings is 1. The van der Waals surface area contributed by atoms with E-state index in [4.69, 9.17) is 16.6 Å². The lowest BCUT2D eigenvalue weighted by molar-refractivity contribution is 0.355. The molecule has 0 atom stereocenters. The molecule has 7 heteroatoms. The van der Waals surface area contributed by atoms with Crippen LogP contribution in [0.3, 0.4) is 0 Å². The van der Waals surface area contributed by atoms with Crippen LogP contribution in [0.1, 0.15) is 26.5 Å². The second kappa shape index (κ2) is 5.46. The van der Waals surface area contributed by atoms with E-state index in [9.17, 15) is 0 Å². The topological polar surface area (TPSA) is 60.0 Å². The number of nitrogens with zero attached hydrogens (tertiary/aromatic N) is 5. The number of aryl methyl sites for hydroxylation is 1. The largest absolute Gasteiger partial charge is 0.337 e. The predicted molar refractivity (Wildman–Crippen MR) is 101 cm³/mol. The molecule has 0 amide bonds. The van der Waals surface area contributed by atoms with E-state index in [-0.39, 0.29) is 5.54 Å². The summed E-state index contributed by atoms with van der Waals surface area (Å²) >= 11 is 6.39. The lowest BCUT2D eigenvalue weighted by Crippen LogP contribution is -2.21. The van der Waals surface area contributed by atoms with Crippen LogP contribution in [-0.2, 0) is 5.54 Å². The van der Waals surface area contributed by atoms with Gasteiger partial charge in [-0.2, -0.15) is 10.2 Å². The summed E-state index contributed by atoms with van der Waals surface area (Å²) in [6.07, 6.45) is 3.78. The van der Waals surface area contributed by atoms with Crippen molar-refractivity contribution in [1.29, 1.82) is 0 Å². The summed E-state index contributed by atoms with van der Waals surface area (Å²) in [4.78, 5) is 4.71. The second-order valence-electron chi connectivity index (χ2n) is 7.08. The van der Waals surface area contributed by atoms with Crippen molar-refractivity contribution in [3.8, 4) is 0 Å². The molecule has 0 saturated carbocycles. The first-order valence-corrected chi connectivity index (χ1v) is 8.48. The number of anilines is 2. The van der Waals surface area contributed by atoms with Gasteiger partial charge in [-0.3, -0.25) is 4.68 Å². The summed E-state index contributed by atoms with van der Waals surface area (Å²) in [5.74, 6) is 0.735. The van der Waals surface area contributed by atoms with E-state index in [1.165, 1.54) is 0 Å². The van der Waals surface area contributed by atoms with Crippen molar-refractivity contribution in [3.05, 3.63) is 47.4 Å². The molecule has 0 aliphatic rings. The van der Waals surface area contributed by atoms with Gasteiger partial charge < -0.3 is 5.32 Å². The highest BCUT2D eigenvalue weighted by Crippen LogP contribution is 2.30. The molecule has 0 bridgehead atoms. The van der Waals surface area contributed by atoms with Crippen LogP contribution in [0.25, 0.3) is 16.6 Å². The zero-order chi connectivity index (χ0) is 17.8. The molecule has 0 radical (unpaired) electrons. The fraction of sp³-hybridized carbons (Fsp3) is 0.278. The van der Waals surface area contributed by atoms with Gasteiger partial charge in [0.25, 0.3) is 0 Å². The first-order chi connectivity index (χ1) is 11.8. The Hall–Kier alpha value is -2.60. The van der Waals surface area contributed by atoms with E-state index in [1.807, 2.05) is 42.1 Å². The summed E-state index contributed by atoms with van der Waals surface area (Å²) in [6.45, 7) is 8.21. The highest BCUT2D eigenvalue weighted by molar-refractivity contribution is 6.34.